The van der Waals surface area contributed by atoms with Crippen molar-refractivity contribution in [1.29, 1.82) is 0 Å². The van der Waals surface area contributed by atoms with Gasteiger partial charge in [-0.05, 0) is 43.7 Å². The van der Waals surface area contributed by atoms with Gasteiger partial charge in [0, 0.05) is 18.0 Å². The van der Waals surface area contributed by atoms with Crippen LogP contribution < -0.4 is 5.32 Å². The molecule has 1 saturated carbocycles. The summed E-state index contributed by atoms with van der Waals surface area (Å²) >= 11 is 1.30. The number of halogens is 3. The highest BCUT2D eigenvalue weighted by molar-refractivity contribution is 7.15. The van der Waals surface area contributed by atoms with E-state index in [1.807, 2.05) is 6.92 Å². The second-order valence-corrected chi connectivity index (χ2v) is 7.75. The van der Waals surface area contributed by atoms with E-state index in [2.05, 4.69) is 20.0 Å². The number of carbonyl (C=O) groups is 1. The highest BCUT2D eigenvalue weighted by Gasteiger charge is 2.39. The van der Waals surface area contributed by atoms with Gasteiger partial charge in [0.1, 0.15) is 0 Å². The van der Waals surface area contributed by atoms with Crippen LogP contribution in [0.15, 0.2) is 10.6 Å². The molecule has 140 valence electrons. The molecule has 3 heterocycles. The third-order valence-electron chi connectivity index (χ3n) is 4.70. The molecule has 0 radical (unpaired) electrons. The number of urea groups is 1. The smallest absolute Gasteiger partial charge is 0.338 e. The molecule has 1 aliphatic heterocycles. The first-order chi connectivity index (χ1) is 12.3. The number of nitrogens with one attached hydrogen (secondary N) is 1. The molecule has 2 aromatic heterocycles. The van der Waals surface area contributed by atoms with Gasteiger partial charge in [-0.25, -0.2) is 4.79 Å². The van der Waals surface area contributed by atoms with E-state index < -0.39 is 12.1 Å². The molecule has 2 aromatic rings. The summed E-state index contributed by atoms with van der Waals surface area (Å²) < 4.78 is 42.2. The molecular weight excluding hydrogens is 369 g/mol. The Morgan fingerprint density at radius 3 is 2.88 bits per heavy atom. The van der Waals surface area contributed by atoms with Crippen LogP contribution in [0.3, 0.4) is 0 Å². The zero-order valence-electron chi connectivity index (χ0n) is 14.0. The van der Waals surface area contributed by atoms with Gasteiger partial charge in [-0.2, -0.15) is 18.2 Å². The standard InChI is InChI=1S/C16H17F3N4O2S/c1-8-12-10(4-5-23(8)15(24)20-7-9-2-3-9)6-11(26-12)13-21-14(25-22-13)16(17,18)19/h6,8-9H,2-5,7H2,1H3,(H,20,24). The van der Waals surface area contributed by atoms with E-state index in [-0.39, 0.29) is 17.9 Å². The second kappa shape index (κ2) is 6.26. The van der Waals surface area contributed by atoms with Gasteiger partial charge in [0.15, 0.2) is 0 Å². The van der Waals surface area contributed by atoms with Crippen LogP contribution in [0.5, 0.6) is 0 Å². The first-order valence-electron chi connectivity index (χ1n) is 8.41. The minimum absolute atomic E-state index is 0.0753. The zero-order chi connectivity index (χ0) is 18.5. The highest BCUT2D eigenvalue weighted by Crippen LogP contribution is 2.40. The molecule has 1 aliphatic carbocycles. The summed E-state index contributed by atoms with van der Waals surface area (Å²) in [6.45, 7) is 3.20. The maximum atomic E-state index is 12.6. The van der Waals surface area contributed by atoms with E-state index in [4.69, 9.17) is 0 Å². The highest BCUT2D eigenvalue weighted by atomic mass is 32.1. The van der Waals surface area contributed by atoms with Gasteiger partial charge in [0.2, 0.25) is 5.82 Å². The molecule has 0 aromatic carbocycles. The monoisotopic (exact) mass is 386 g/mol. The van der Waals surface area contributed by atoms with Gasteiger partial charge in [-0.15, -0.1) is 11.3 Å². The quantitative estimate of drug-likeness (QED) is 0.870. The van der Waals surface area contributed by atoms with Crippen molar-refractivity contribution in [3.63, 3.8) is 0 Å². The Morgan fingerprint density at radius 2 is 2.23 bits per heavy atom. The number of thiophene rings is 1. The molecule has 2 aliphatic rings. The number of carbonyl (C=O) groups excluding carboxylic acids is 1. The predicted molar refractivity (Wildman–Crippen MR) is 87.6 cm³/mol. The van der Waals surface area contributed by atoms with Crippen molar-refractivity contribution >= 4 is 17.4 Å². The Morgan fingerprint density at radius 1 is 1.46 bits per heavy atom. The van der Waals surface area contributed by atoms with Crippen LogP contribution >= 0.6 is 11.3 Å². The van der Waals surface area contributed by atoms with Crippen molar-refractivity contribution < 1.29 is 22.5 Å². The summed E-state index contributed by atoms with van der Waals surface area (Å²) in [6.07, 6.45) is -1.68. The lowest BCUT2D eigenvalue weighted by atomic mass is 10.0. The average molecular weight is 386 g/mol. The summed E-state index contributed by atoms with van der Waals surface area (Å²) in [5, 5.41) is 6.40. The maximum Gasteiger partial charge on any atom is 0.471 e. The van der Waals surface area contributed by atoms with Crippen molar-refractivity contribution in [2.45, 2.75) is 38.4 Å². The number of hydrogen-bond donors (Lipinski definition) is 1. The van der Waals surface area contributed by atoms with Crippen LogP contribution in [0.2, 0.25) is 0 Å². The van der Waals surface area contributed by atoms with Crippen molar-refractivity contribution in [2.75, 3.05) is 13.1 Å². The number of nitrogens with zero attached hydrogens (tertiary/aromatic N) is 3. The maximum absolute atomic E-state index is 12.6. The summed E-state index contributed by atoms with van der Waals surface area (Å²) in [6, 6.07) is 1.55. The zero-order valence-corrected chi connectivity index (χ0v) is 14.8. The molecule has 2 amide bonds. The fourth-order valence-corrected chi connectivity index (χ4v) is 4.25. The first kappa shape index (κ1) is 17.3. The van der Waals surface area contributed by atoms with Gasteiger partial charge in [0.25, 0.3) is 0 Å². The number of rotatable bonds is 3. The number of aromatic nitrogens is 2. The molecule has 6 nitrogen and oxygen atoms in total. The summed E-state index contributed by atoms with van der Waals surface area (Å²) in [7, 11) is 0. The average Bonchev–Trinajstić information content (AvgIpc) is 3.09. The molecule has 10 heteroatoms. The minimum atomic E-state index is -4.66. The SMILES string of the molecule is CC1c2sc(-c3noc(C(F)(F)F)n3)cc2CCN1C(=O)NCC1CC1. The Balaban J connectivity index is 1.52. The van der Waals surface area contributed by atoms with Gasteiger partial charge in [-0.1, -0.05) is 5.16 Å². The van der Waals surface area contributed by atoms with Gasteiger partial charge >= 0.3 is 18.1 Å². The van der Waals surface area contributed by atoms with Crippen molar-refractivity contribution in [3.8, 4) is 10.7 Å². The van der Waals surface area contributed by atoms with Crippen LogP contribution in [-0.2, 0) is 12.6 Å². The lowest BCUT2D eigenvalue weighted by Gasteiger charge is -2.33. The molecule has 0 spiro atoms. The van der Waals surface area contributed by atoms with Crippen molar-refractivity contribution in [1.82, 2.24) is 20.4 Å². The van der Waals surface area contributed by atoms with E-state index in [0.717, 1.165) is 10.4 Å². The molecule has 4 rings (SSSR count). The number of hydrogen-bond acceptors (Lipinski definition) is 5. The lowest BCUT2D eigenvalue weighted by Crippen LogP contribution is -2.44. The van der Waals surface area contributed by atoms with Crippen LogP contribution in [-0.4, -0.2) is 34.2 Å². The Labute approximate surface area is 151 Å². The summed E-state index contributed by atoms with van der Waals surface area (Å²) in [5.41, 5.74) is 1.02. The normalized spacial score (nSPS) is 20.2. The Bertz CT molecular complexity index is 828. The lowest BCUT2D eigenvalue weighted by molar-refractivity contribution is -0.159. The van der Waals surface area contributed by atoms with Crippen molar-refractivity contribution in [2.24, 2.45) is 5.92 Å². The molecule has 0 bridgehead atoms. The second-order valence-electron chi connectivity index (χ2n) is 6.67. The molecule has 1 N–H and O–H groups in total. The fraction of sp³-hybridized carbons (Fsp3) is 0.562. The fourth-order valence-electron chi connectivity index (χ4n) is 3.05. The van der Waals surface area contributed by atoms with Crippen LogP contribution in [0.25, 0.3) is 10.7 Å². The van der Waals surface area contributed by atoms with E-state index in [1.54, 1.807) is 11.0 Å². The molecule has 1 fully saturated rings. The van der Waals surface area contributed by atoms with E-state index in [0.29, 0.717) is 30.3 Å². The molecule has 0 saturated heterocycles. The largest absolute Gasteiger partial charge is 0.471 e. The van der Waals surface area contributed by atoms with Gasteiger partial charge in [-0.3, -0.25) is 0 Å². The third kappa shape index (κ3) is 3.29. The van der Waals surface area contributed by atoms with Crippen LogP contribution in [0.4, 0.5) is 18.0 Å². The summed E-state index contributed by atoms with van der Waals surface area (Å²) in [4.78, 5) is 19.1. The van der Waals surface area contributed by atoms with E-state index in [1.165, 1.54) is 24.2 Å². The topological polar surface area (TPSA) is 71.3 Å². The van der Waals surface area contributed by atoms with Crippen molar-refractivity contribution in [3.05, 3.63) is 22.4 Å². The molecule has 1 atom stereocenters. The summed E-state index contributed by atoms with van der Waals surface area (Å²) in [5.74, 6) is -0.828. The minimum Gasteiger partial charge on any atom is -0.338 e. The molecule has 26 heavy (non-hydrogen) atoms. The van der Waals surface area contributed by atoms with Gasteiger partial charge < -0.3 is 14.7 Å². The Kier molecular flexibility index (Phi) is 4.17. The van der Waals surface area contributed by atoms with E-state index >= 15 is 0 Å². The number of alkyl halides is 3. The predicted octanol–water partition coefficient (Wildman–Crippen LogP) is 3.86. The molecule has 1 unspecified atom stereocenters. The van der Waals surface area contributed by atoms with Gasteiger partial charge in [0.05, 0.1) is 10.9 Å². The Hall–Kier alpha value is -2.10. The number of fused-ring (bicyclic) bond motifs is 1. The van der Waals surface area contributed by atoms with E-state index in [9.17, 15) is 18.0 Å². The third-order valence-corrected chi connectivity index (χ3v) is 6.04. The van der Waals surface area contributed by atoms with Crippen LogP contribution in [0.1, 0.15) is 42.1 Å². The van der Waals surface area contributed by atoms with Crippen LogP contribution in [0, 0.1) is 5.92 Å². The first-order valence-corrected chi connectivity index (χ1v) is 9.23. The molecular formula is C16H17F3N4O2S. The number of amides is 2.